The topological polar surface area (TPSA) is 24.1 Å². The van der Waals surface area contributed by atoms with Gasteiger partial charge in [-0.15, -0.1) is 0 Å². The average Bonchev–Trinajstić information content (AvgIpc) is 2.59. The van der Waals surface area contributed by atoms with Crippen molar-refractivity contribution in [2.75, 3.05) is 19.6 Å². The van der Waals surface area contributed by atoms with Crippen LogP contribution in [0.25, 0.3) is 0 Å². The molecule has 1 atom stereocenters. The Bertz CT molecular complexity index is 102. The van der Waals surface area contributed by atoms with Gasteiger partial charge in [0.2, 0.25) is 0 Å². The number of hydrogen-bond acceptors (Lipinski definition) is 2. The van der Waals surface area contributed by atoms with Crippen molar-refractivity contribution in [1.82, 2.24) is 10.6 Å². The summed E-state index contributed by atoms with van der Waals surface area (Å²) in [6, 6.07) is 0.741. The molecule has 1 aliphatic heterocycles. The lowest BCUT2D eigenvalue weighted by atomic mass is 10.1. The van der Waals surface area contributed by atoms with Gasteiger partial charge in [-0.05, 0) is 44.8 Å². The maximum atomic E-state index is 3.62. The zero-order chi connectivity index (χ0) is 8.81. The Kier molecular flexibility index (Phi) is 4.62. The van der Waals surface area contributed by atoms with E-state index in [1.165, 1.54) is 38.9 Å². The first kappa shape index (κ1) is 10.0. The lowest BCUT2D eigenvalue weighted by Crippen LogP contribution is -2.33. The maximum Gasteiger partial charge on any atom is 0.00619 e. The Morgan fingerprint density at radius 3 is 2.67 bits per heavy atom. The molecule has 0 radical (unpaired) electrons. The third-order valence-electron chi connectivity index (χ3n) is 2.84. The van der Waals surface area contributed by atoms with Crippen molar-refractivity contribution in [3.8, 4) is 0 Å². The highest BCUT2D eigenvalue weighted by Gasteiger charge is 2.14. The molecule has 1 fully saturated rings. The van der Waals surface area contributed by atoms with Gasteiger partial charge in [0.25, 0.3) is 0 Å². The van der Waals surface area contributed by atoms with E-state index in [1.54, 1.807) is 0 Å². The number of hydrogen-bond donors (Lipinski definition) is 2. The fourth-order valence-electron chi connectivity index (χ4n) is 1.80. The summed E-state index contributed by atoms with van der Waals surface area (Å²) >= 11 is 0. The monoisotopic (exact) mass is 170 g/mol. The molecule has 0 bridgehead atoms. The van der Waals surface area contributed by atoms with Gasteiger partial charge >= 0.3 is 0 Å². The molecule has 0 aromatic carbocycles. The first-order valence-corrected chi connectivity index (χ1v) is 5.30. The summed E-state index contributed by atoms with van der Waals surface area (Å²) in [5.74, 6) is 0.880. The van der Waals surface area contributed by atoms with Gasteiger partial charge in [0.15, 0.2) is 0 Å². The Hall–Kier alpha value is -0.0800. The van der Waals surface area contributed by atoms with Crippen LogP contribution in [0, 0.1) is 5.92 Å². The van der Waals surface area contributed by atoms with Crippen molar-refractivity contribution in [3.63, 3.8) is 0 Å². The standard InChI is InChI=1S/C10H22N2/c1-3-10(4-2)12-8-9-5-6-11-7-9/h9-12H,3-8H2,1-2H3. The third-order valence-corrected chi connectivity index (χ3v) is 2.84. The van der Waals surface area contributed by atoms with Crippen molar-refractivity contribution in [3.05, 3.63) is 0 Å². The van der Waals surface area contributed by atoms with E-state index in [9.17, 15) is 0 Å². The molecule has 1 aliphatic rings. The van der Waals surface area contributed by atoms with E-state index in [0.717, 1.165) is 12.0 Å². The van der Waals surface area contributed by atoms with E-state index in [2.05, 4.69) is 24.5 Å². The zero-order valence-electron chi connectivity index (χ0n) is 8.40. The highest BCUT2D eigenvalue weighted by atomic mass is 15.0. The fraction of sp³-hybridized carbons (Fsp3) is 1.00. The van der Waals surface area contributed by atoms with Gasteiger partial charge in [0.05, 0.1) is 0 Å². The van der Waals surface area contributed by atoms with Crippen LogP contribution in [-0.4, -0.2) is 25.7 Å². The van der Waals surface area contributed by atoms with Crippen LogP contribution in [0.3, 0.4) is 0 Å². The van der Waals surface area contributed by atoms with Crippen LogP contribution < -0.4 is 10.6 Å². The molecule has 0 aromatic heterocycles. The number of nitrogens with one attached hydrogen (secondary N) is 2. The van der Waals surface area contributed by atoms with E-state index >= 15 is 0 Å². The molecule has 1 heterocycles. The van der Waals surface area contributed by atoms with Gasteiger partial charge in [-0.25, -0.2) is 0 Å². The van der Waals surface area contributed by atoms with Crippen LogP contribution in [0.15, 0.2) is 0 Å². The van der Waals surface area contributed by atoms with E-state index in [1.807, 2.05) is 0 Å². The first-order chi connectivity index (χ1) is 5.86. The predicted octanol–water partition coefficient (Wildman–Crippen LogP) is 1.37. The highest BCUT2D eigenvalue weighted by molar-refractivity contribution is 4.74. The van der Waals surface area contributed by atoms with Crippen molar-refractivity contribution < 1.29 is 0 Å². The minimum atomic E-state index is 0.741. The Morgan fingerprint density at radius 1 is 1.42 bits per heavy atom. The van der Waals surface area contributed by atoms with Crippen LogP contribution in [0.5, 0.6) is 0 Å². The molecule has 0 aromatic rings. The van der Waals surface area contributed by atoms with Crippen molar-refractivity contribution in [2.24, 2.45) is 5.92 Å². The number of rotatable bonds is 5. The molecule has 12 heavy (non-hydrogen) atoms. The molecule has 1 unspecified atom stereocenters. The highest BCUT2D eigenvalue weighted by Crippen LogP contribution is 2.06. The SMILES string of the molecule is CCC(CC)NCC1CCNC1. The molecule has 2 nitrogen and oxygen atoms in total. The van der Waals surface area contributed by atoms with E-state index in [4.69, 9.17) is 0 Å². The van der Waals surface area contributed by atoms with Crippen LogP contribution in [0.2, 0.25) is 0 Å². The minimum Gasteiger partial charge on any atom is -0.316 e. The molecule has 0 spiro atoms. The largest absolute Gasteiger partial charge is 0.316 e. The molecule has 2 N–H and O–H groups in total. The molecule has 0 saturated carbocycles. The molecule has 1 saturated heterocycles. The van der Waals surface area contributed by atoms with Crippen molar-refractivity contribution in [1.29, 1.82) is 0 Å². The summed E-state index contributed by atoms with van der Waals surface area (Å²) in [6.45, 7) is 8.16. The van der Waals surface area contributed by atoms with Gasteiger partial charge < -0.3 is 10.6 Å². The van der Waals surface area contributed by atoms with Crippen LogP contribution >= 0.6 is 0 Å². The maximum absolute atomic E-state index is 3.62. The van der Waals surface area contributed by atoms with Crippen LogP contribution in [0.4, 0.5) is 0 Å². The summed E-state index contributed by atoms with van der Waals surface area (Å²) < 4.78 is 0. The second kappa shape index (κ2) is 5.55. The molecule has 72 valence electrons. The second-order valence-electron chi connectivity index (χ2n) is 3.78. The first-order valence-electron chi connectivity index (χ1n) is 5.30. The Balaban J connectivity index is 2.06. The van der Waals surface area contributed by atoms with E-state index in [-0.39, 0.29) is 0 Å². The molecule has 0 amide bonds. The Labute approximate surface area is 76.1 Å². The molecule has 2 heteroatoms. The van der Waals surface area contributed by atoms with Crippen molar-refractivity contribution >= 4 is 0 Å². The lowest BCUT2D eigenvalue weighted by Gasteiger charge is -2.17. The predicted molar refractivity (Wildman–Crippen MR) is 53.3 cm³/mol. The minimum absolute atomic E-state index is 0.741. The zero-order valence-corrected chi connectivity index (χ0v) is 8.40. The van der Waals surface area contributed by atoms with Gasteiger partial charge in [-0.1, -0.05) is 13.8 Å². The smallest absolute Gasteiger partial charge is 0.00619 e. The molecule has 0 aliphatic carbocycles. The van der Waals surface area contributed by atoms with Crippen molar-refractivity contribution in [2.45, 2.75) is 39.2 Å². The normalized spacial score (nSPS) is 23.8. The fourth-order valence-corrected chi connectivity index (χ4v) is 1.80. The summed E-state index contributed by atoms with van der Waals surface area (Å²) in [7, 11) is 0. The molecule has 1 rings (SSSR count). The van der Waals surface area contributed by atoms with Crippen LogP contribution in [0.1, 0.15) is 33.1 Å². The summed E-state index contributed by atoms with van der Waals surface area (Å²) in [4.78, 5) is 0. The van der Waals surface area contributed by atoms with Crippen LogP contribution in [-0.2, 0) is 0 Å². The van der Waals surface area contributed by atoms with E-state index < -0.39 is 0 Å². The summed E-state index contributed by atoms with van der Waals surface area (Å²) in [6.07, 6.45) is 3.88. The van der Waals surface area contributed by atoms with Gasteiger partial charge in [0, 0.05) is 6.04 Å². The summed E-state index contributed by atoms with van der Waals surface area (Å²) in [5.41, 5.74) is 0. The average molecular weight is 170 g/mol. The second-order valence-corrected chi connectivity index (χ2v) is 3.78. The lowest BCUT2D eigenvalue weighted by molar-refractivity contribution is 0.427. The third kappa shape index (κ3) is 3.11. The molecular weight excluding hydrogens is 148 g/mol. The van der Waals surface area contributed by atoms with E-state index in [0.29, 0.717) is 0 Å². The van der Waals surface area contributed by atoms with Gasteiger partial charge in [0.1, 0.15) is 0 Å². The molecular formula is C10H22N2. The quantitative estimate of drug-likeness (QED) is 0.651. The van der Waals surface area contributed by atoms with Gasteiger partial charge in [-0.3, -0.25) is 0 Å². The summed E-state index contributed by atoms with van der Waals surface area (Å²) in [5, 5.41) is 7.01. The Morgan fingerprint density at radius 2 is 2.17 bits per heavy atom. The van der Waals surface area contributed by atoms with Gasteiger partial charge in [-0.2, -0.15) is 0 Å².